The number of likely N-dealkylation sites (tertiary alicyclic amines) is 1. The molecule has 1 fully saturated rings. The van der Waals surface area contributed by atoms with Gasteiger partial charge >= 0.3 is 6.18 Å². The van der Waals surface area contributed by atoms with Crippen LogP contribution in [0.4, 0.5) is 18.9 Å². The van der Waals surface area contributed by atoms with E-state index in [1.54, 1.807) is 44.9 Å². The molecule has 0 spiro atoms. The summed E-state index contributed by atoms with van der Waals surface area (Å²) in [6, 6.07) is 6.78. The number of aliphatic hydroxyl groups excluding tert-OH is 1. The molecule has 2 N–H and O–H groups in total. The van der Waals surface area contributed by atoms with Crippen molar-refractivity contribution in [2.45, 2.75) is 32.7 Å². The van der Waals surface area contributed by atoms with E-state index in [4.69, 9.17) is 4.74 Å². The predicted octanol–water partition coefficient (Wildman–Crippen LogP) is 3.74. The molecule has 0 saturated carbocycles. The predicted molar refractivity (Wildman–Crippen MR) is 140 cm³/mol. The van der Waals surface area contributed by atoms with Crippen molar-refractivity contribution in [3.63, 3.8) is 0 Å². The number of aromatic nitrogens is 5. The number of amides is 1. The number of hydrogen-bond acceptors (Lipinski definition) is 7. The molecule has 40 heavy (non-hydrogen) atoms. The Labute approximate surface area is 228 Å². The van der Waals surface area contributed by atoms with Gasteiger partial charge in [-0.15, -0.1) is 5.10 Å². The van der Waals surface area contributed by atoms with Crippen molar-refractivity contribution in [1.82, 2.24) is 29.7 Å². The van der Waals surface area contributed by atoms with Gasteiger partial charge in [-0.25, -0.2) is 4.68 Å². The third-order valence-corrected chi connectivity index (χ3v) is 7.00. The first kappa shape index (κ1) is 27.3. The highest BCUT2D eigenvalue weighted by Gasteiger charge is 2.34. The van der Waals surface area contributed by atoms with Gasteiger partial charge in [0.2, 0.25) is 0 Å². The van der Waals surface area contributed by atoms with Crippen molar-refractivity contribution in [2.75, 3.05) is 25.5 Å². The number of β-amino-alcohol motifs (C(OH)–C–C–N with tert-alkyl or cyclic N) is 1. The molecule has 0 bridgehead atoms. The molecule has 210 valence electrons. The van der Waals surface area contributed by atoms with Gasteiger partial charge in [0.05, 0.1) is 42.5 Å². The Balaban J connectivity index is 1.45. The van der Waals surface area contributed by atoms with Crippen molar-refractivity contribution in [2.24, 2.45) is 7.05 Å². The third kappa shape index (κ3) is 5.29. The quantitative estimate of drug-likeness (QED) is 0.358. The van der Waals surface area contributed by atoms with E-state index in [9.17, 15) is 23.1 Å². The molecular formula is C27H28F3N7O3. The molecule has 1 saturated heterocycles. The highest BCUT2D eigenvalue weighted by Crippen LogP contribution is 2.39. The molecule has 0 aliphatic carbocycles. The number of anilines is 1. The van der Waals surface area contributed by atoms with Crippen molar-refractivity contribution in [1.29, 1.82) is 0 Å². The normalized spacial score (nSPS) is 14.3. The molecule has 1 aliphatic heterocycles. The monoisotopic (exact) mass is 555 g/mol. The van der Waals surface area contributed by atoms with Gasteiger partial charge in [0.1, 0.15) is 11.4 Å². The highest BCUT2D eigenvalue weighted by molar-refractivity contribution is 6.05. The second kappa shape index (κ2) is 10.4. The fraction of sp³-hybridized carbons (Fsp3) is 0.333. The van der Waals surface area contributed by atoms with Crippen LogP contribution < -0.4 is 10.1 Å². The van der Waals surface area contributed by atoms with Gasteiger partial charge in [0, 0.05) is 49.1 Å². The SMILES string of the molecule is COc1c(CN2CC(O)C2)cc(C(F)(F)F)cc1NC(=O)c1ccc(C)c(-n2cc(-c3cnn(C)c3C)nn2)c1. The van der Waals surface area contributed by atoms with E-state index in [0.29, 0.717) is 24.5 Å². The topological polar surface area (TPSA) is 110 Å². The number of aliphatic hydroxyl groups is 1. The summed E-state index contributed by atoms with van der Waals surface area (Å²) in [4.78, 5) is 15.1. The molecule has 13 heteroatoms. The maximum atomic E-state index is 13.7. The number of nitrogens with one attached hydrogen (secondary N) is 1. The minimum absolute atomic E-state index is 0.101. The highest BCUT2D eigenvalue weighted by atomic mass is 19.4. The Morgan fingerprint density at radius 3 is 2.58 bits per heavy atom. The summed E-state index contributed by atoms with van der Waals surface area (Å²) in [5.74, 6) is -0.490. The molecule has 0 atom stereocenters. The first-order chi connectivity index (χ1) is 18.9. The van der Waals surface area contributed by atoms with E-state index in [1.807, 2.05) is 20.9 Å². The van der Waals surface area contributed by atoms with Crippen LogP contribution in [0.5, 0.6) is 5.75 Å². The Morgan fingerprint density at radius 2 is 1.95 bits per heavy atom. The van der Waals surface area contributed by atoms with Crippen LogP contribution in [0.3, 0.4) is 0 Å². The van der Waals surface area contributed by atoms with E-state index in [1.165, 1.54) is 7.11 Å². The van der Waals surface area contributed by atoms with E-state index in [2.05, 4.69) is 20.7 Å². The molecule has 4 aromatic rings. The standard InChI is InChI=1S/C27H28F3N7O3/c1-15-5-6-17(8-24(15)37-14-23(33-34-37)21-10-31-35(3)16(21)2)26(39)32-22-9-19(27(28,29)30)7-18(25(22)40-4)11-36-12-20(38)13-36/h5-10,14,20,38H,11-13H2,1-4H3,(H,32,39). The van der Waals surface area contributed by atoms with E-state index >= 15 is 0 Å². The van der Waals surface area contributed by atoms with Gasteiger partial charge in [-0.3, -0.25) is 14.4 Å². The maximum absolute atomic E-state index is 13.7. The Kier molecular flexibility index (Phi) is 7.10. The van der Waals surface area contributed by atoms with Crippen LogP contribution in [0.25, 0.3) is 16.9 Å². The summed E-state index contributed by atoms with van der Waals surface area (Å²) in [7, 11) is 3.16. The number of nitrogens with zero attached hydrogens (tertiary/aromatic N) is 6. The van der Waals surface area contributed by atoms with Gasteiger partial charge < -0.3 is 15.2 Å². The first-order valence-corrected chi connectivity index (χ1v) is 12.5. The van der Waals surface area contributed by atoms with Crippen molar-refractivity contribution >= 4 is 11.6 Å². The second-order valence-corrected chi connectivity index (χ2v) is 9.83. The zero-order valence-corrected chi connectivity index (χ0v) is 22.3. The molecule has 3 heterocycles. The molecule has 10 nitrogen and oxygen atoms in total. The summed E-state index contributed by atoms with van der Waals surface area (Å²) >= 11 is 0. The molecule has 0 radical (unpaired) electrons. The Morgan fingerprint density at radius 1 is 1.20 bits per heavy atom. The van der Waals surface area contributed by atoms with E-state index < -0.39 is 23.8 Å². The maximum Gasteiger partial charge on any atom is 0.416 e. The lowest BCUT2D eigenvalue weighted by Crippen LogP contribution is -2.49. The molecule has 1 aliphatic rings. The Hall–Kier alpha value is -4.23. The van der Waals surface area contributed by atoms with Crippen LogP contribution in [0, 0.1) is 13.8 Å². The van der Waals surface area contributed by atoms with Gasteiger partial charge in [-0.1, -0.05) is 11.3 Å². The molecule has 0 unspecified atom stereocenters. The minimum Gasteiger partial charge on any atom is -0.494 e. The zero-order chi connectivity index (χ0) is 28.8. The average molecular weight is 556 g/mol. The molecular weight excluding hydrogens is 527 g/mol. The average Bonchev–Trinajstić information content (AvgIpc) is 3.49. The molecule has 1 amide bonds. The van der Waals surface area contributed by atoms with Gasteiger partial charge in [-0.05, 0) is 43.7 Å². The number of rotatable bonds is 7. The minimum atomic E-state index is -4.64. The lowest BCUT2D eigenvalue weighted by atomic mass is 10.0. The van der Waals surface area contributed by atoms with E-state index in [-0.39, 0.29) is 29.1 Å². The first-order valence-electron chi connectivity index (χ1n) is 12.5. The van der Waals surface area contributed by atoms with Crippen LogP contribution in [-0.2, 0) is 19.8 Å². The second-order valence-electron chi connectivity index (χ2n) is 9.83. The summed E-state index contributed by atoms with van der Waals surface area (Å²) in [6.07, 6.45) is -1.73. The molecule has 2 aromatic carbocycles. The summed E-state index contributed by atoms with van der Waals surface area (Å²) in [5, 5.41) is 24.9. The van der Waals surface area contributed by atoms with Crippen LogP contribution in [0.1, 0.15) is 32.7 Å². The molecule has 5 rings (SSSR count). The number of halogens is 3. The number of hydrogen-bond donors (Lipinski definition) is 2. The number of alkyl halides is 3. The lowest BCUT2D eigenvalue weighted by Gasteiger charge is -2.36. The van der Waals surface area contributed by atoms with E-state index in [0.717, 1.165) is 29.0 Å². The third-order valence-electron chi connectivity index (χ3n) is 7.00. The van der Waals surface area contributed by atoms with Crippen LogP contribution in [-0.4, -0.2) is 67.0 Å². The smallest absolute Gasteiger partial charge is 0.416 e. The largest absolute Gasteiger partial charge is 0.494 e. The number of ether oxygens (including phenoxy) is 1. The fourth-order valence-electron chi connectivity index (χ4n) is 4.66. The number of carbonyl (C=O) groups excluding carboxylic acids is 1. The Bertz CT molecular complexity index is 1570. The van der Waals surface area contributed by atoms with Crippen molar-refractivity contribution < 1.29 is 27.8 Å². The number of aryl methyl sites for hydroxylation is 2. The summed E-state index contributed by atoms with van der Waals surface area (Å²) < 4.78 is 50.0. The zero-order valence-electron chi connectivity index (χ0n) is 22.3. The van der Waals surface area contributed by atoms with Crippen LogP contribution >= 0.6 is 0 Å². The van der Waals surface area contributed by atoms with Crippen LogP contribution in [0.15, 0.2) is 42.7 Å². The number of carbonyl (C=O) groups is 1. The summed E-state index contributed by atoms with van der Waals surface area (Å²) in [6.45, 7) is 4.59. The lowest BCUT2D eigenvalue weighted by molar-refractivity contribution is -0.137. The van der Waals surface area contributed by atoms with Crippen molar-refractivity contribution in [3.8, 4) is 22.7 Å². The summed E-state index contributed by atoms with van der Waals surface area (Å²) in [5.41, 5.74) is 3.19. The number of methoxy groups -OCH3 is 1. The number of benzene rings is 2. The van der Waals surface area contributed by atoms with Gasteiger partial charge in [-0.2, -0.15) is 18.3 Å². The van der Waals surface area contributed by atoms with Crippen molar-refractivity contribution in [3.05, 3.63) is 70.7 Å². The van der Waals surface area contributed by atoms with Gasteiger partial charge in [0.15, 0.2) is 0 Å². The van der Waals surface area contributed by atoms with Crippen LogP contribution in [0.2, 0.25) is 0 Å². The molecule has 2 aromatic heterocycles. The van der Waals surface area contributed by atoms with Gasteiger partial charge in [0.25, 0.3) is 5.91 Å². The fourth-order valence-corrected chi connectivity index (χ4v) is 4.66.